The highest BCUT2D eigenvalue weighted by Gasteiger charge is 2.39. The minimum absolute atomic E-state index is 0.0533. The van der Waals surface area contributed by atoms with Gasteiger partial charge in [0.1, 0.15) is 0 Å². The van der Waals surface area contributed by atoms with Crippen LogP contribution in [0.2, 0.25) is 0 Å². The second kappa shape index (κ2) is 5.85. The molecular formula is C14H28N2O. The number of amides is 1. The van der Waals surface area contributed by atoms with Crippen molar-refractivity contribution >= 4 is 5.91 Å². The van der Waals surface area contributed by atoms with Gasteiger partial charge in [-0.2, -0.15) is 0 Å². The Balaban J connectivity index is 2.72. The summed E-state index contributed by atoms with van der Waals surface area (Å²) in [6, 6.07) is 0.0533. The Labute approximate surface area is 106 Å². The first-order valence-corrected chi connectivity index (χ1v) is 7.01. The van der Waals surface area contributed by atoms with E-state index in [1.165, 1.54) is 0 Å². The van der Waals surface area contributed by atoms with Gasteiger partial charge < -0.3 is 4.90 Å². The zero-order valence-corrected chi connectivity index (χ0v) is 12.0. The quantitative estimate of drug-likeness (QED) is 0.774. The zero-order valence-electron chi connectivity index (χ0n) is 12.0. The molecule has 1 fully saturated rings. The van der Waals surface area contributed by atoms with Crippen molar-refractivity contribution < 1.29 is 4.79 Å². The molecule has 0 bridgehead atoms. The van der Waals surface area contributed by atoms with Gasteiger partial charge in [0, 0.05) is 6.54 Å². The molecule has 3 nitrogen and oxygen atoms in total. The lowest BCUT2D eigenvalue weighted by molar-refractivity contribution is -0.131. The number of nitrogens with zero attached hydrogens (tertiary/aromatic N) is 1. The number of carbonyl (C=O) groups is 1. The molecule has 17 heavy (non-hydrogen) atoms. The average Bonchev–Trinajstić information content (AvgIpc) is 2.57. The van der Waals surface area contributed by atoms with Gasteiger partial charge in [-0.3, -0.25) is 10.1 Å². The van der Waals surface area contributed by atoms with Gasteiger partial charge in [0.15, 0.2) is 0 Å². The first-order valence-electron chi connectivity index (χ1n) is 7.01. The monoisotopic (exact) mass is 240 g/mol. The maximum absolute atomic E-state index is 12.3. The zero-order chi connectivity index (χ0) is 13.1. The van der Waals surface area contributed by atoms with Crippen molar-refractivity contribution in [3.63, 3.8) is 0 Å². The summed E-state index contributed by atoms with van der Waals surface area (Å²) < 4.78 is 0. The minimum Gasteiger partial charge on any atom is -0.325 e. The maximum Gasteiger partial charge on any atom is 0.241 e. The van der Waals surface area contributed by atoms with E-state index in [0.29, 0.717) is 5.91 Å². The van der Waals surface area contributed by atoms with Crippen LogP contribution in [0.5, 0.6) is 0 Å². The molecule has 3 heteroatoms. The summed E-state index contributed by atoms with van der Waals surface area (Å²) in [6.07, 6.45) is 4.35. The van der Waals surface area contributed by atoms with Crippen LogP contribution >= 0.6 is 0 Å². The summed E-state index contributed by atoms with van der Waals surface area (Å²) in [5, 5.41) is 3.46. The van der Waals surface area contributed by atoms with Gasteiger partial charge in [-0.05, 0) is 24.7 Å². The Morgan fingerprint density at radius 2 is 1.94 bits per heavy atom. The molecule has 0 aromatic rings. The Kier molecular flexibility index (Phi) is 4.99. The fourth-order valence-corrected chi connectivity index (χ4v) is 2.34. The third kappa shape index (κ3) is 3.44. The molecule has 2 unspecified atom stereocenters. The highest BCUT2D eigenvalue weighted by Crippen LogP contribution is 2.26. The summed E-state index contributed by atoms with van der Waals surface area (Å²) >= 11 is 0. The van der Waals surface area contributed by atoms with Crippen LogP contribution in [0.15, 0.2) is 0 Å². The molecule has 0 spiro atoms. The van der Waals surface area contributed by atoms with Crippen molar-refractivity contribution in [2.75, 3.05) is 6.54 Å². The van der Waals surface area contributed by atoms with Crippen LogP contribution < -0.4 is 5.32 Å². The van der Waals surface area contributed by atoms with Crippen molar-refractivity contribution in [2.45, 2.75) is 72.5 Å². The van der Waals surface area contributed by atoms with Crippen LogP contribution in [0, 0.1) is 5.41 Å². The molecule has 0 radical (unpaired) electrons. The summed E-state index contributed by atoms with van der Waals surface area (Å²) in [5.74, 6) is 0.306. The van der Waals surface area contributed by atoms with Crippen molar-refractivity contribution in [3.8, 4) is 0 Å². The second-order valence-corrected chi connectivity index (χ2v) is 5.92. The largest absolute Gasteiger partial charge is 0.325 e. The lowest BCUT2D eigenvalue weighted by Gasteiger charge is -2.32. The van der Waals surface area contributed by atoms with E-state index in [1.54, 1.807) is 0 Å². The van der Waals surface area contributed by atoms with Crippen LogP contribution in [-0.4, -0.2) is 29.6 Å². The van der Waals surface area contributed by atoms with Crippen molar-refractivity contribution in [1.82, 2.24) is 10.2 Å². The lowest BCUT2D eigenvalue weighted by atomic mass is 9.89. The van der Waals surface area contributed by atoms with Crippen LogP contribution in [0.25, 0.3) is 0 Å². The van der Waals surface area contributed by atoms with E-state index in [4.69, 9.17) is 0 Å². The lowest BCUT2D eigenvalue weighted by Crippen LogP contribution is -2.42. The topological polar surface area (TPSA) is 32.3 Å². The van der Waals surface area contributed by atoms with Gasteiger partial charge in [-0.15, -0.1) is 0 Å². The van der Waals surface area contributed by atoms with Crippen molar-refractivity contribution in [3.05, 3.63) is 0 Å². The Bertz CT molecular complexity index is 263. The molecule has 0 aromatic heterocycles. The molecule has 0 aromatic carbocycles. The number of hydrogen-bond donors (Lipinski definition) is 1. The number of rotatable bonds is 6. The Hall–Kier alpha value is -0.570. The van der Waals surface area contributed by atoms with E-state index in [9.17, 15) is 4.79 Å². The highest BCUT2D eigenvalue weighted by molar-refractivity contribution is 5.84. The van der Waals surface area contributed by atoms with Crippen LogP contribution in [0.4, 0.5) is 0 Å². The smallest absolute Gasteiger partial charge is 0.241 e. The van der Waals surface area contributed by atoms with Crippen LogP contribution in [0.3, 0.4) is 0 Å². The molecule has 1 rings (SSSR count). The number of nitrogens with one attached hydrogen (secondary N) is 1. The number of hydrogen-bond acceptors (Lipinski definition) is 2. The fraction of sp³-hybridized carbons (Fsp3) is 0.929. The Morgan fingerprint density at radius 1 is 1.29 bits per heavy atom. The normalized spacial score (nSPS) is 25.7. The van der Waals surface area contributed by atoms with Crippen LogP contribution in [0.1, 0.15) is 60.3 Å². The Morgan fingerprint density at radius 3 is 2.41 bits per heavy atom. The molecule has 1 saturated heterocycles. The standard InChI is InChI=1S/C14H28N2O/c1-6-9-11-13(17)16(12(7-2)15-11)10-14(4,5)8-3/h11-12,15H,6-10H2,1-5H3. The molecule has 0 aliphatic carbocycles. The molecule has 1 N–H and O–H groups in total. The second-order valence-electron chi connectivity index (χ2n) is 5.92. The predicted molar refractivity (Wildman–Crippen MR) is 71.7 cm³/mol. The van der Waals surface area contributed by atoms with E-state index in [0.717, 1.165) is 32.2 Å². The molecule has 1 aliphatic rings. The van der Waals surface area contributed by atoms with E-state index in [1.807, 2.05) is 0 Å². The molecule has 1 heterocycles. The number of carbonyl (C=O) groups excluding carboxylic acids is 1. The third-order valence-corrected chi connectivity index (χ3v) is 3.87. The maximum atomic E-state index is 12.3. The van der Waals surface area contributed by atoms with E-state index in [2.05, 4.69) is 44.8 Å². The molecule has 1 aliphatic heterocycles. The SMILES string of the molecule is CCCC1NC(CC)N(CC(C)(C)CC)C1=O. The minimum atomic E-state index is 0.0533. The molecule has 0 saturated carbocycles. The molecule has 1 amide bonds. The van der Waals surface area contributed by atoms with Crippen LogP contribution in [-0.2, 0) is 4.79 Å². The van der Waals surface area contributed by atoms with Gasteiger partial charge in [0.25, 0.3) is 0 Å². The van der Waals surface area contributed by atoms with Gasteiger partial charge in [0.05, 0.1) is 12.2 Å². The summed E-state index contributed by atoms with van der Waals surface area (Å²) in [4.78, 5) is 14.4. The first-order chi connectivity index (χ1) is 7.95. The molecular weight excluding hydrogens is 212 g/mol. The van der Waals surface area contributed by atoms with Crippen molar-refractivity contribution in [1.29, 1.82) is 0 Å². The average molecular weight is 240 g/mol. The summed E-state index contributed by atoms with van der Waals surface area (Å²) in [5.41, 5.74) is 0.214. The van der Waals surface area contributed by atoms with Gasteiger partial charge in [-0.1, -0.05) is 41.0 Å². The van der Waals surface area contributed by atoms with E-state index >= 15 is 0 Å². The summed E-state index contributed by atoms with van der Waals surface area (Å²) in [7, 11) is 0. The van der Waals surface area contributed by atoms with Gasteiger partial charge >= 0.3 is 0 Å². The van der Waals surface area contributed by atoms with Gasteiger partial charge in [0.2, 0.25) is 5.91 Å². The first kappa shape index (κ1) is 14.5. The van der Waals surface area contributed by atoms with Crippen molar-refractivity contribution in [2.24, 2.45) is 5.41 Å². The highest BCUT2D eigenvalue weighted by atomic mass is 16.2. The van der Waals surface area contributed by atoms with E-state index in [-0.39, 0.29) is 17.6 Å². The molecule has 2 atom stereocenters. The molecule has 100 valence electrons. The predicted octanol–water partition coefficient (Wildman–Crippen LogP) is 2.76. The summed E-state index contributed by atoms with van der Waals surface area (Å²) in [6.45, 7) is 11.8. The fourth-order valence-electron chi connectivity index (χ4n) is 2.34. The van der Waals surface area contributed by atoms with Gasteiger partial charge in [-0.25, -0.2) is 0 Å². The van der Waals surface area contributed by atoms with E-state index < -0.39 is 0 Å². The third-order valence-electron chi connectivity index (χ3n) is 3.87.